The van der Waals surface area contributed by atoms with Gasteiger partial charge in [-0.05, 0) is 57.3 Å². The molecule has 0 aliphatic carbocycles. The van der Waals surface area contributed by atoms with Gasteiger partial charge in [0.1, 0.15) is 24.2 Å². The van der Waals surface area contributed by atoms with Gasteiger partial charge in [-0.15, -0.1) is 0 Å². The van der Waals surface area contributed by atoms with E-state index in [1.807, 2.05) is 20.8 Å². The summed E-state index contributed by atoms with van der Waals surface area (Å²) in [4.78, 5) is 86.7. The van der Waals surface area contributed by atoms with E-state index in [1.165, 1.54) is 34.7 Å². The van der Waals surface area contributed by atoms with Crippen LogP contribution in [0.1, 0.15) is 107 Å². The SMILES string of the molecule is CCCC[C@@H](C)C[C@@H](C)C(=O)N(C)[C@@H](CC(C)C)C(=O)N[C@H](C(=O)N(C)[C@H](C(=O)N1CCC[C@H]1C(=O)N1C(=O)C=C[C@@H]1C)C(C)C)[C@@H](C)O. The first-order valence-electron chi connectivity index (χ1n) is 18.2. The fraction of sp³-hybridized carbons (Fsp3) is 0.784. The van der Waals surface area contributed by atoms with Crippen LogP contribution < -0.4 is 5.32 Å². The Morgan fingerprint density at radius 2 is 1.61 bits per heavy atom. The number of nitrogens with one attached hydrogen (secondary N) is 1. The van der Waals surface area contributed by atoms with E-state index in [0.29, 0.717) is 38.1 Å². The summed E-state index contributed by atoms with van der Waals surface area (Å²) in [5, 5.41) is 13.5. The van der Waals surface area contributed by atoms with E-state index in [-0.39, 0.29) is 23.7 Å². The number of aliphatic hydroxyl groups excluding tert-OH is 1. The van der Waals surface area contributed by atoms with Crippen molar-refractivity contribution in [3.05, 3.63) is 12.2 Å². The number of likely N-dealkylation sites (N-methyl/N-ethyl adjacent to an activating group) is 2. The topological polar surface area (TPSA) is 148 Å². The molecule has 1 fully saturated rings. The monoisotopic (exact) mass is 689 g/mol. The number of rotatable bonds is 17. The zero-order valence-electron chi connectivity index (χ0n) is 31.8. The molecule has 0 unspecified atom stereocenters. The van der Waals surface area contributed by atoms with E-state index in [1.54, 1.807) is 33.9 Å². The van der Waals surface area contributed by atoms with Gasteiger partial charge in [0.25, 0.3) is 11.8 Å². The molecular weight excluding hydrogens is 626 g/mol. The van der Waals surface area contributed by atoms with Crippen molar-refractivity contribution in [3.8, 4) is 0 Å². The summed E-state index contributed by atoms with van der Waals surface area (Å²) in [6.45, 7) is 17.1. The molecular formula is C37H63N5O7. The number of imide groups is 1. The van der Waals surface area contributed by atoms with E-state index in [4.69, 9.17) is 0 Å². The number of hydrogen-bond donors (Lipinski definition) is 2. The van der Waals surface area contributed by atoms with Crippen LogP contribution in [0, 0.1) is 23.7 Å². The Balaban J connectivity index is 2.27. The van der Waals surface area contributed by atoms with Crippen LogP contribution in [-0.4, -0.2) is 117 Å². The number of hydrogen-bond acceptors (Lipinski definition) is 7. The summed E-state index contributed by atoms with van der Waals surface area (Å²) in [5.41, 5.74) is 0. The second-order valence-electron chi connectivity index (χ2n) is 15.2. The molecule has 0 radical (unpaired) electrons. The normalized spacial score (nSPS) is 21.4. The average Bonchev–Trinajstić information content (AvgIpc) is 3.65. The number of aliphatic hydroxyl groups is 1. The molecule has 49 heavy (non-hydrogen) atoms. The Bertz CT molecular complexity index is 1220. The smallest absolute Gasteiger partial charge is 0.253 e. The van der Waals surface area contributed by atoms with E-state index in [2.05, 4.69) is 19.2 Å². The standard InChI is InChI=1S/C37H63N5O7/c1-12-13-15-24(6)21-25(7)34(46)39(10)29(20-22(2)3)33(45)38-31(27(9)43)36(48)40(11)32(23(4)5)37(49)41-19-14-16-28(41)35(47)42-26(8)17-18-30(42)44/h17-18,22-29,31-32,43H,12-16,19-21H2,1-11H3,(H,38,45)/t24-,25-,26+,27-,28+,29+,31+,32+/m1/s1. The molecule has 0 aromatic rings. The van der Waals surface area contributed by atoms with E-state index < -0.39 is 65.8 Å². The average molecular weight is 690 g/mol. The van der Waals surface area contributed by atoms with Gasteiger partial charge in [-0.1, -0.05) is 73.8 Å². The molecule has 2 aliphatic rings. The van der Waals surface area contributed by atoms with Crippen molar-refractivity contribution in [2.75, 3.05) is 20.6 Å². The third kappa shape index (κ3) is 10.6. The van der Waals surface area contributed by atoms with Crippen LogP contribution in [0.2, 0.25) is 0 Å². The van der Waals surface area contributed by atoms with Crippen LogP contribution in [0.15, 0.2) is 12.2 Å². The fourth-order valence-corrected chi connectivity index (χ4v) is 7.17. The van der Waals surface area contributed by atoms with Crippen LogP contribution in [0.5, 0.6) is 0 Å². The van der Waals surface area contributed by atoms with Crippen LogP contribution in [-0.2, 0) is 28.8 Å². The van der Waals surface area contributed by atoms with Gasteiger partial charge in [-0.2, -0.15) is 0 Å². The zero-order valence-corrected chi connectivity index (χ0v) is 31.8. The van der Waals surface area contributed by atoms with Crippen molar-refractivity contribution in [2.45, 2.75) is 144 Å². The molecule has 2 N–H and O–H groups in total. The van der Waals surface area contributed by atoms with E-state index in [0.717, 1.165) is 24.2 Å². The first-order chi connectivity index (χ1) is 22.8. The van der Waals surface area contributed by atoms with Crippen LogP contribution in [0.4, 0.5) is 0 Å². The Kier molecular flexibility index (Phi) is 15.9. The molecule has 1 saturated heterocycles. The van der Waals surface area contributed by atoms with Gasteiger partial charge in [-0.3, -0.25) is 33.7 Å². The van der Waals surface area contributed by atoms with Gasteiger partial charge in [0.05, 0.1) is 12.1 Å². The maximum absolute atomic E-state index is 14.1. The van der Waals surface area contributed by atoms with E-state index >= 15 is 0 Å². The largest absolute Gasteiger partial charge is 0.391 e. The fourth-order valence-electron chi connectivity index (χ4n) is 7.17. The minimum Gasteiger partial charge on any atom is -0.391 e. The van der Waals surface area contributed by atoms with Gasteiger partial charge < -0.3 is 25.1 Å². The van der Waals surface area contributed by atoms with Crippen molar-refractivity contribution in [1.29, 1.82) is 0 Å². The van der Waals surface area contributed by atoms with Gasteiger partial charge in [0.15, 0.2) is 0 Å². The second kappa shape index (κ2) is 18.6. The molecule has 0 saturated carbocycles. The molecule has 12 heteroatoms. The maximum atomic E-state index is 14.1. The quantitative estimate of drug-likeness (QED) is 0.223. The molecule has 0 bridgehead atoms. The third-order valence-corrected chi connectivity index (χ3v) is 9.96. The maximum Gasteiger partial charge on any atom is 0.253 e. The van der Waals surface area contributed by atoms with Gasteiger partial charge in [0.2, 0.25) is 23.6 Å². The van der Waals surface area contributed by atoms with Crippen molar-refractivity contribution in [1.82, 2.24) is 24.9 Å². The summed E-state index contributed by atoms with van der Waals surface area (Å²) in [6, 6.07) is -4.51. The molecule has 0 aromatic carbocycles. The second-order valence-corrected chi connectivity index (χ2v) is 15.2. The number of amides is 6. The van der Waals surface area contributed by atoms with Crippen molar-refractivity contribution >= 4 is 35.4 Å². The number of likely N-dealkylation sites (tertiary alicyclic amines) is 1. The summed E-state index contributed by atoms with van der Waals surface area (Å²) < 4.78 is 0. The van der Waals surface area contributed by atoms with Gasteiger partial charge in [0, 0.05) is 32.6 Å². The number of carbonyl (C=O) groups is 6. The molecule has 8 atom stereocenters. The summed E-state index contributed by atoms with van der Waals surface area (Å²) in [5.74, 6) is -2.92. The predicted molar refractivity (Wildman–Crippen MR) is 189 cm³/mol. The molecule has 0 aromatic heterocycles. The molecule has 0 spiro atoms. The van der Waals surface area contributed by atoms with Gasteiger partial charge in [-0.25, -0.2) is 0 Å². The minimum absolute atomic E-state index is 0.0573. The summed E-state index contributed by atoms with van der Waals surface area (Å²) in [7, 11) is 3.07. The third-order valence-electron chi connectivity index (χ3n) is 9.96. The highest BCUT2D eigenvalue weighted by Crippen LogP contribution is 2.27. The Hall–Kier alpha value is -3.28. The lowest BCUT2D eigenvalue weighted by atomic mass is 9.91. The number of carbonyl (C=O) groups excluding carboxylic acids is 6. The van der Waals surface area contributed by atoms with Crippen molar-refractivity contribution in [3.63, 3.8) is 0 Å². The van der Waals surface area contributed by atoms with Crippen molar-refractivity contribution < 1.29 is 33.9 Å². The Labute approximate surface area is 294 Å². The Morgan fingerprint density at radius 1 is 0.980 bits per heavy atom. The molecule has 2 aliphatic heterocycles. The molecule has 12 nitrogen and oxygen atoms in total. The predicted octanol–water partition coefficient (Wildman–Crippen LogP) is 3.37. The minimum atomic E-state index is -1.39. The zero-order chi connectivity index (χ0) is 37.3. The Morgan fingerprint density at radius 3 is 2.12 bits per heavy atom. The number of nitrogens with zero attached hydrogens (tertiary/aromatic N) is 4. The lowest BCUT2D eigenvalue weighted by molar-refractivity contribution is -0.155. The van der Waals surface area contributed by atoms with Crippen LogP contribution in [0.25, 0.3) is 0 Å². The highest BCUT2D eigenvalue weighted by atomic mass is 16.3. The highest BCUT2D eigenvalue weighted by molar-refractivity contribution is 6.06. The van der Waals surface area contributed by atoms with Crippen LogP contribution >= 0.6 is 0 Å². The van der Waals surface area contributed by atoms with E-state index in [9.17, 15) is 33.9 Å². The first kappa shape index (κ1) is 41.9. The molecule has 278 valence electrons. The molecule has 6 amide bonds. The van der Waals surface area contributed by atoms with Crippen LogP contribution in [0.3, 0.4) is 0 Å². The molecule has 2 heterocycles. The summed E-state index contributed by atoms with van der Waals surface area (Å²) in [6.07, 6.45) is 6.93. The first-order valence-corrected chi connectivity index (χ1v) is 18.2. The van der Waals surface area contributed by atoms with Gasteiger partial charge >= 0.3 is 0 Å². The van der Waals surface area contributed by atoms with Crippen molar-refractivity contribution in [2.24, 2.45) is 23.7 Å². The molecule has 2 rings (SSSR count). The highest BCUT2D eigenvalue weighted by Gasteiger charge is 2.45. The summed E-state index contributed by atoms with van der Waals surface area (Å²) >= 11 is 0. The lowest BCUT2D eigenvalue weighted by Crippen LogP contribution is -2.62. The number of unbranched alkanes of at least 4 members (excludes halogenated alkanes) is 1. The lowest BCUT2D eigenvalue weighted by Gasteiger charge is -2.38.